The molecule has 0 aliphatic carbocycles. The van der Waals surface area contributed by atoms with Gasteiger partial charge in [-0.25, -0.2) is 14.6 Å². The highest BCUT2D eigenvalue weighted by Crippen LogP contribution is 2.22. The zero-order valence-corrected chi connectivity index (χ0v) is 24.6. The van der Waals surface area contributed by atoms with Crippen molar-refractivity contribution in [3.63, 3.8) is 0 Å². The molecular formula is C34H36N6O4. The highest BCUT2D eigenvalue weighted by atomic mass is 16.5. The molecule has 0 amide bonds. The summed E-state index contributed by atoms with van der Waals surface area (Å²) < 4.78 is 7.44. The third kappa shape index (κ3) is 8.58. The minimum absolute atomic E-state index is 0.216. The van der Waals surface area contributed by atoms with Gasteiger partial charge in [0.25, 0.3) is 5.56 Å². The molecule has 5 rings (SSSR count). The van der Waals surface area contributed by atoms with Crippen LogP contribution >= 0.6 is 0 Å². The van der Waals surface area contributed by atoms with Gasteiger partial charge in [0.05, 0.1) is 42.9 Å². The van der Waals surface area contributed by atoms with E-state index in [9.17, 15) is 14.9 Å². The lowest BCUT2D eigenvalue weighted by molar-refractivity contribution is -0.137. The van der Waals surface area contributed by atoms with Gasteiger partial charge in [0.15, 0.2) is 11.6 Å². The number of benzene rings is 2. The maximum absolute atomic E-state index is 12.6. The van der Waals surface area contributed by atoms with E-state index in [2.05, 4.69) is 26.0 Å². The second kappa shape index (κ2) is 15.0. The summed E-state index contributed by atoms with van der Waals surface area (Å²) in [4.78, 5) is 34.7. The molecule has 2 aromatic heterocycles. The molecule has 10 heteroatoms. The van der Waals surface area contributed by atoms with E-state index in [0.29, 0.717) is 35.4 Å². The number of hydrogen-bond donors (Lipinski definition) is 1. The lowest BCUT2D eigenvalue weighted by Crippen LogP contribution is -2.36. The van der Waals surface area contributed by atoms with Crippen LogP contribution in [0.5, 0.6) is 5.75 Å². The average Bonchev–Trinajstić information content (AvgIpc) is 3.05. The van der Waals surface area contributed by atoms with Gasteiger partial charge in [-0.3, -0.25) is 9.59 Å². The van der Waals surface area contributed by atoms with Crippen molar-refractivity contribution in [2.75, 3.05) is 26.2 Å². The van der Waals surface area contributed by atoms with E-state index in [1.165, 1.54) is 10.7 Å². The van der Waals surface area contributed by atoms with Gasteiger partial charge in [-0.15, -0.1) is 0 Å². The molecule has 1 fully saturated rings. The Labute approximate surface area is 256 Å². The van der Waals surface area contributed by atoms with Crippen molar-refractivity contribution in [2.24, 2.45) is 5.92 Å². The van der Waals surface area contributed by atoms with Gasteiger partial charge in [0.2, 0.25) is 0 Å². The molecule has 1 aliphatic heterocycles. The molecule has 10 nitrogen and oxygen atoms in total. The quantitative estimate of drug-likeness (QED) is 0.212. The van der Waals surface area contributed by atoms with E-state index in [0.717, 1.165) is 68.4 Å². The summed E-state index contributed by atoms with van der Waals surface area (Å²) in [5.41, 5.74) is 3.42. The molecule has 0 saturated carbocycles. The number of aromatic nitrogens is 4. The van der Waals surface area contributed by atoms with Crippen molar-refractivity contribution in [1.82, 2.24) is 24.6 Å². The summed E-state index contributed by atoms with van der Waals surface area (Å²) in [6, 6.07) is 20.2. The van der Waals surface area contributed by atoms with Gasteiger partial charge < -0.3 is 14.7 Å². The van der Waals surface area contributed by atoms with E-state index in [4.69, 9.17) is 9.84 Å². The first-order chi connectivity index (χ1) is 21.5. The highest BCUT2D eigenvalue weighted by molar-refractivity contribution is 5.66. The Hall–Kier alpha value is -4.88. The summed E-state index contributed by atoms with van der Waals surface area (Å²) in [5.74, 6) is 0.976. The van der Waals surface area contributed by atoms with Crippen LogP contribution in [0.15, 0.2) is 77.9 Å². The largest absolute Gasteiger partial charge is 0.490 e. The van der Waals surface area contributed by atoms with Crippen LogP contribution in [-0.2, 0) is 11.3 Å². The van der Waals surface area contributed by atoms with Gasteiger partial charge in [-0.05, 0) is 81.1 Å². The summed E-state index contributed by atoms with van der Waals surface area (Å²) >= 11 is 0. The van der Waals surface area contributed by atoms with Crippen LogP contribution in [0.25, 0.3) is 22.6 Å². The Bertz CT molecular complexity index is 1660. The fourth-order valence-corrected chi connectivity index (χ4v) is 5.36. The van der Waals surface area contributed by atoms with Crippen LogP contribution in [0.3, 0.4) is 0 Å². The molecule has 1 aliphatic rings. The Morgan fingerprint density at radius 3 is 2.52 bits per heavy atom. The molecule has 1 N–H and O–H groups in total. The molecule has 2 aromatic carbocycles. The molecule has 44 heavy (non-hydrogen) atoms. The molecule has 1 saturated heterocycles. The number of nitrogens with zero attached hydrogens (tertiary/aromatic N) is 6. The van der Waals surface area contributed by atoms with Crippen molar-refractivity contribution in [3.8, 4) is 34.5 Å². The minimum atomic E-state index is -0.716. The molecule has 0 spiro atoms. The second-order valence-corrected chi connectivity index (χ2v) is 11.2. The predicted molar refractivity (Wildman–Crippen MR) is 166 cm³/mol. The zero-order chi connectivity index (χ0) is 30.7. The minimum Gasteiger partial charge on any atom is -0.490 e. The average molecular weight is 593 g/mol. The molecule has 0 unspecified atom stereocenters. The van der Waals surface area contributed by atoms with E-state index in [1.807, 2.05) is 30.3 Å². The summed E-state index contributed by atoms with van der Waals surface area (Å²) in [5, 5.41) is 22.5. The highest BCUT2D eigenvalue weighted by Gasteiger charge is 2.19. The monoisotopic (exact) mass is 592 g/mol. The Kier molecular flexibility index (Phi) is 10.4. The number of carboxylic acid groups (broad SMARTS) is 1. The van der Waals surface area contributed by atoms with Crippen molar-refractivity contribution >= 4 is 5.97 Å². The van der Waals surface area contributed by atoms with Crippen LogP contribution in [0.4, 0.5) is 0 Å². The van der Waals surface area contributed by atoms with Gasteiger partial charge in [0, 0.05) is 23.6 Å². The zero-order valence-electron chi connectivity index (χ0n) is 24.6. The normalized spacial score (nSPS) is 13.8. The second-order valence-electron chi connectivity index (χ2n) is 11.2. The van der Waals surface area contributed by atoms with Gasteiger partial charge in [-0.1, -0.05) is 36.8 Å². The Morgan fingerprint density at radius 1 is 0.977 bits per heavy atom. The van der Waals surface area contributed by atoms with Crippen LogP contribution in [0.1, 0.15) is 49.7 Å². The fourth-order valence-electron chi connectivity index (χ4n) is 5.36. The molecule has 0 bridgehead atoms. The first-order valence-corrected chi connectivity index (χ1v) is 15.0. The lowest BCUT2D eigenvalue weighted by Gasteiger charge is -2.31. The number of carbonyl (C=O) groups is 1. The van der Waals surface area contributed by atoms with E-state index in [1.54, 1.807) is 36.7 Å². The van der Waals surface area contributed by atoms with Gasteiger partial charge in [0.1, 0.15) is 0 Å². The maximum Gasteiger partial charge on any atom is 0.303 e. The topological polar surface area (TPSA) is 134 Å². The number of aliphatic carboxylic acids is 1. The first-order valence-electron chi connectivity index (χ1n) is 15.0. The number of carboxylic acids is 1. The summed E-state index contributed by atoms with van der Waals surface area (Å²) in [6.07, 6.45) is 8.57. The maximum atomic E-state index is 12.6. The summed E-state index contributed by atoms with van der Waals surface area (Å²) in [6.45, 7) is 4.02. The van der Waals surface area contributed by atoms with E-state index < -0.39 is 5.97 Å². The van der Waals surface area contributed by atoms with Crippen molar-refractivity contribution in [1.29, 1.82) is 5.26 Å². The van der Waals surface area contributed by atoms with E-state index >= 15 is 0 Å². The third-order valence-corrected chi connectivity index (χ3v) is 7.86. The fraction of sp³-hybridized carbons (Fsp3) is 0.353. The lowest BCUT2D eigenvalue weighted by atomic mass is 9.97. The van der Waals surface area contributed by atoms with Crippen LogP contribution in [0.2, 0.25) is 0 Å². The van der Waals surface area contributed by atoms with Crippen molar-refractivity contribution in [3.05, 3.63) is 94.5 Å². The molecule has 3 heterocycles. The Balaban J connectivity index is 1.13. The molecule has 0 atom stereocenters. The number of unbranched alkanes of at least 4 members (excludes halogenated alkanes) is 2. The van der Waals surface area contributed by atoms with Crippen molar-refractivity contribution < 1.29 is 14.6 Å². The number of ether oxygens (including phenoxy) is 1. The molecule has 4 aromatic rings. The number of rotatable bonds is 13. The standard InChI is InChI=1S/C34H36N6O4/c35-20-26-6-4-8-28(18-26)31-11-12-32(41)40(38-31)23-27-7-5-9-29(19-27)34-36-21-30(22-37-34)44-24-25-13-16-39(17-14-25)15-3-1-2-10-33(42)43/h4-9,11-12,18-19,21-22,25H,1-3,10,13-17,23-24H2,(H,42,43). The number of piperidine rings is 1. The SMILES string of the molecule is N#Cc1cccc(-c2ccc(=O)n(Cc3cccc(-c4ncc(OCC5CCN(CCCCCC(=O)O)CC5)cn4)c3)n2)c1. The number of nitriles is 1. The van der Waals surface area contributed by atoms with Crippen LogP contribution < -0.4 is 10.3 Å². The van der Waals surface area contributed by atoms with Gasteiger partial charge >= 0.3 is 5.97 Å². The van der Waals surface area contributed by atoms with E-state index in [-0.39, 0.29) is 18.5 Å². The number of likely N-dealkylation sites (tertiary alicyclic amines) is 1. The number of hydrogen-bond acceptors (Lipinski definition) is 8. The smallest absolute Gasteiger partial charge is 0.303 e. The van der Waals surface area contributed by atoms with Crippen LogP contribution in [0, 0.1) is 17.2 Å². The molecule has 226 valence electrons. The predicted octanol–water partition coefficient (Wildman–Crippen LogP) is 5.02. The van der Waals surface area contributed by atoms with Gasteiger partial charge in [-0.2, -0.15) is 10.4 Å². The molecular weight excluding hydrogens is 556 g/mol. The Morgan fingerprint density at radius 2 is 1.75 bits per heavy atom. The molecule has 0 radical (unpaired) electrons. The van der Waals surface area contributed by atoms with Crippen LogP contribution in [-0.4, -0.2) is 62.0 Å². The third-order valence-electron chi connectivity index (χ3n) is 7.86. The van der Waals surface area contributed by atoms with Crippen molar-refractivity contribution in [2.45, 2.75) is 45.1 Å². The summed E-state index contributed by atoms with van der Waals surface area (Å²) in [7, 11) is 0. The first kappa shape index (κ1) is 30.6.